The molecule has 0 atom stereocenters. The van der Waals surface area contributed by atoms with Crippen LogP contribution in [0.4, 0.5) is 0 Å². The van der Waals surface area contributed by atoms with Gasteiger partial charge in [0.25, 0.3) is 23.6 Å². The molecular weight excluding hydrogens is 484 g/mol. The van der Waals surface area contributed by atoms with Crippen LogP contribution in [0.3, 0.4) is 0 Å². The number of fused-ring (bicyclic) bond motifs is 2. The lowest BCUT2D eigenvalue weighted by Crippen LogP contribution is -2.41. The highest BCUT2D eigenvalue weighted by Gasteiger charge is 2.38. The molecule has 0 N–H and O–H groups in total. The second kappa shape index (κ2) is 7.01. The van der Waals surface area contributed by atoms with Crippen LogP contribution in [0.25, 0.3) is 43.1 Å². The van der Waals surface area contributed by atoms with Gasteiger partial charge in [-0.05, 0) is 81.6 Å². The maximum Gasteiger partial charge on any atom is 0.356 e. The lowest BCUT2D eigenvalue weighted by Gasteiger charge is -2.29. The average Bonchev–Trinajstić information content (AvgIpc) is 2.91. The van der Waals surface area contributed by atoms with Crippen molar-refractivity contribution in [2.24, 2.45) is 0 Å². The second-order valence-electron chi connectivity index (χ2n) is 9.74. The number of carbonyl (C=O) groups is 5. The van der Waals surface area contributed by atoms with Gasteiger partial charge in [0.1, 0.15) is 0 Å². The van der Waals surface area contributed by atoms with Gasteiger partial charge in [0.2, 0.25) is 0 Å². The van der Waals surface area contributed by atoms with Crippen molar-refractivity contribution in [3.8, 4) is 0 Å². The van der Waals surface area contributed by atoms with Gasteiger partial charge in [0.05, 0.1) is 11.1 Å². The molecule has 184 valence electrons. The number of amides is 4. The Hall–Kier alpha value is -5.11. The van der Waals surface area contributed by atoms with Crippen LogP contribution < -0.4 is 0 Å². The van der Waals surface area contributed by atoms with Crippen LogP contribution in [-0.4, -0.2) is 46.6 Å². The first kappa shape index (κ1) is 22.1. The molecule has 8 heteroatoms. The van der Waals surface area contributed by atoms with Crippen molar-refractivity contribution in [3.05, 3.63) is 82.4 Å². The van der Waals surface area contributed by atoms with Crippen molar-refractivity contribution in [1.29, 1.82) is 0 Å². The number of hydrogen-bond donors (Lipinski definition) is 0. The number of carbonyl (C=O) groups excluding carboxylic acids is 5. The topological polar surface area (TPSA) is 101 Å². The van der Waals surface area contributed by atoms with E-state index >= 15 is 0 Å². The molecule has 5 aromatic rings. The van der Waals surface area contributed by atoms with E-state index < -0.39 is 17.8 Å². The first-order valence-electron chi connectivity index (χ1n) is 11.9. The maximum atomic E-state index is 13.4. The van der Waals surface area contributed by atoms with Crippen LogP contribution in [0.1, 0.15) is 52.6 Å². The minimum atomic E-state index is -0.920. The van der Waals surface area contributed by atoms with E-state index in [0.29, 0.717) is 27.0 Å². The Labute approximate surface area is 214 Å². The number of rotatable bonds is 2. The summed E-state index contributed by atoms with van der Waals surface area (Å²) in [5, 5.41) is 6.41. The van der Waals surface area contributed by atoms with Crippen molar-refractivity contribution >= 4 is 72.7 Å². The molecule has 0 aromatic heterocycles. The Morgan fingerprint density at radius 1 is 0.684 bits per heavy atom. The number of imide groups is 2. The highest BCUT2D eigenvalue weighted by Crippen LogP contribution is 2.48. The zero-order chi connectivity index (χ0) is 26.8. The van der Waals surface area contributed by atoms with Gasteiger partial charge in [0.15, 0.2) is 0 Å². The van der Waals surface area contributed by atoms with Crippen LogP contribution in [0, 0.1) is 13.8 Å². The highest BCUT2D eigenvalue weighted by molar-refractivity contribution is 6.42. The molecule has 8 nitrogen and oxygen atoms in total. The zero-order valence-corrected chi connectivity index (χ0v) is 20.6. The minimum Gasteiger partial charge on any atom is -0.325 e. The van der Waals surface area contributed by atoms with Crippen molar-refractivity contribution in [2.75, 3.05) is 7.05 Å². The number of nitrogens with zero attached hydrogens (tertiary/aromatic N) is 2. The maximum absolute atomic E-state index is 13.4. The Morgan fingerprint density at radius 2 is 1.13 bits per heavy atom. The predicted molar refractivity (Wildman–Crippen MR) is 140 cm³/mol. The molecule has 0 spiro atoms. The summed E-state index contributed by atoms with van der Waals surface area (Å²) in [6, 6.07) is 10.5. The fourth-order valence-electron chi connectivity index (χ4n) is 6.18. The van der Waals surface area contributed by atoms with Gasteiger partial charge < -0.3 is 4.84 Å². The van der Waals surface area contributed by atoms with E-state index in [1.54, 1.807) is 24.3 Å². The van der Waals surface area contributed by atoms with Crippen LogP contribution in [0.2, 0.25) is 0 Å². The normalized spacial score (nSPS) is 15.0. The van der Waals surface area contributed by atoms with Crippen molar-refractivity contribution in [1.82, 2.24) is 9.96 Å². The molecule has 0 fully saturated rings. The van der Waals surface area contributed by atoms with Gasteiger partial charge in [-0.2, -0.15) is 0 Å². The highest BCUT2D eigenvalue weighted by atomic mass is 16.7. The molecule has 7 rings (SSSR count). The average molecular weight is 502 g/mol. The molecule has 2 aliphatic rings. The third-order valence-corrected chi connectivity index (χ3v) is 7.75. The fraction of sp³-hybridized carbons (Fsp3) is 0.100. The second-order valence-corrected chi connectivity index (χ2v) is 9.74. The van der Waals surface area contributed by atoms with Gasteiger partial charge in [-0.15, -0.1) is 0 Å². The Morgan fingerprint density at radius 3 is 1.66 bits per heavy atom. The van der Waals surface area contributed by atoms with E-state index in [-0.39, 0.29) is 22.9 Å². The van der Waals surface area contributed by atoms with E-state index in [2.05, 4.69) is 6.58 Å². The van der Waals surface area contributed by atoms with E-state index in [0.717, 1.165) is 54.4 Å². The summed E-state index contributed by atoms with van der Waals surface area (Å²) in [5.41, 5.74) is 3.00. The Bertz CT molecular complexity index is 2050. The number of hydroxylamine groups is 2. The molecule has 38 heavy (non-hydrogen) atoms. The first-order chi connectivity index (χ1) is 18.1. The fourth-order valence-corrected chi connectivity index (χ4v) is 6.18. The van der Waals surface area contributed by atoms with Gasteiger partial charge in [-0.3, -0.25) is 24.1 Å². The molecule has 0 radical (unpaired) electrons. The molecule has 4 amide bonds. The Balaban J connectivity index is 1.69. The van der Waals surface area contributed by atoms with Gasteiger partial charge in [-0.25, -0.2) is 4.79 Å². The van der Waals surface area contributed by atoms with Gasteiger partial charge in [-0.1, -0.05) is 23.8 Å². The zero-order valence-electron chi connectivity index (χ0n) is 20.6. The molecule has 0 aliphatic carbocycles. The molecular formula is C30H18N2O6. The third kappa shape index (κ3) is 2.42. The monoisotopic (exact) mass is 502 g/mol. The summed E-state index contributed by atoms with van der Waals surface area (Å²) in [4.78, 5) is 70.9. The van der Waals surface area contributed by atoms with Crippen LogP contribution in [0.15, 0.2) is 49.1 Å². The molecule has 0 saturated heterocycles. The van der Waals surface area contributed by atoms with Crippen LogP contribution in [0.5, 0.6) is 0 Å². The van der Waals surface area contributed by atoms with Crippen LogP contribution >= 0.6 is 0 Å². The summed E-state index contributed by atoms with van der Waals surface area (Å²) >= 11 is 0. The van der Waals surface area contributed by atoms with E-state index in [9.17, 15) is 24.0 Å². The van der Waals surface area contributed by atoms with Crippen molar-refractivity contribution < 1.29 is 28.8 Å². The quantitative estimate of drug-likeness (QED) is 0.149. The lowest BCUT2D eigenvalue weighted by atomic mass is 9.80. The summed E-state index contributed by atoms with van der Waals surface area (Å²) in [7, 11) is 1.48. The first-order valence-corrected chi connectivity index (χ1v) is 11.9. The van der Waals surface area contributed by atoms with Crippen molar-refractivity contribution in [2.45, 2.75) is 13.8 Å². The summed E-state index contributed by atoms with van der Waals surface area (Å²) < 4.78 is 0. The van der Waals surface area contributed by atoms with Gasteiger partial charge >= 0.3 is 5.97 Å². The molecule has 0 unspecified atom stereocenters. The summed E-state index contributed by atoms with van der Waals surface area (Å²) in [6.07, 6.45) is 0.881. The SMILES string of the molecule is C=CC(=O)ON1C(=O)c2ccc3c4c(C)cc5c6c(ccc(c7c(C)cc(c2c37)C1=O)c64)C(=O)N(C)C5=O. The van der Waals surface area contributed by atoms with Crippen molar-refractivity contribution in [3.63, 3.8) is 0 Å². The Kier molecular flexibility index (Phi) is 4.08. The number of hydrogen-bond acceptors (Lipinski definition) is 6. The van der Waals surface area contributed by atoms with Gasteiger partial charge in [0, 0.05) is 35.0 Å². The predicted octanol–water partition coefficient (Wildman–Crippen LogP) is 4.82. The van der Waals surface area contributed by atoms with E-state index in [4.69, 9.17) is 4.84 Å². The minimum absolute atomic E-state index is 0.232. The molecule has 2 heterocycles. The lowest BCUT2D eigenvalue weighted by molar-refractivity contribution is -0.162. The standard InChI is InChI=1S/C30H18N2O6/c1-5-20(33)38-32-29(36)17-9-7-15-21-12(2)10-18-23-16(27(34)31(4)28(18)35)8-6-14(25(21)23)22-13(3)11-19(30(32)37)24(17)26(15)22/h5-11H,1H2,2-4H3. The number of benzene rings is 5. The molecule has 2 aliphatic heterocycles. The molecule has 0 saturated carbocycles. The summed E-state index contributed by atoms with van der Waals surface area (Å²) in [5.74, 6) is -3.12. The van der Waals surface area contributed by atoms with Crippen LogP contribution in [-0.2, 0) is 9.63 Å². The third-order valence-electron chi connectivity index (χ3n) is 7.75. The smallest absolute Gasteiger partial charge is 0.325 e. The van der Waals surface area contributed by atoms with E-state index in [1.807, 2.05) is 26.0 Å². The van der Waals surface area contributed by atoms with E-state index in [1.165, 1.54) is 7.05 Å². The number of aryl methyl sites for hydroxylation is 2. The summed E-state index contributed by atoms with van der Waals surface area (Å²) in [6.45, 7) is 7.10. The molecule has 0 bridgehead atoms. The largest absolute Gasteiger partial charge is 0.356 e. The molecule has 5 aromatic carbocycles.